The van der Waals surface area contributed by atoms with Crippen molar-refractivity contribution in [2.45, 2.75) is 31.6 Å². The topological polar surface area (TPSA) is 66.6 Å². The number of anilines is 1. The third-order valence-corrected chi connectivity index (χ3v) is 5.76. The average molecular weight is 376 g/mol. The van der Waals surface area contributed by atoms with E-state index in [0.717, 1.165) is 43.9 Å². The summed E-state index contributed by atoms with van der Waals surface area (Å²) in [5.74, 6) is 0.985. The quantitative estimate of drug-likeness (QED) is 0.703. The summed E-state index contributed by atoms with van der Waals surface area (Å²) in [7, 11) is 0. The van der Waals surface area contributed by atoms with Crippen molar-refractivity contribution < 1.29 is 4.79 Å². The lowest BCUT2D eigenvalue weighted by molar-refractivity contribution is 0.0698. The van der Waals surface area contributed by atoms with E-state index in [-0.39, 0.29) is 11.8 Å². The van der Waals surface area contributed by atoms with Crippen molar-refractivity contribution in [3.05, 3.63) is 54.2 Å². The van der Waals surface area contributed by atoms with Gasteiger partial charge < -0.3 is 9.80 Å². The van der Waals surface area contributed by atoms with E-state index < -0.39 is 0 Å². The molecule has 0 radical (unpaired) electrons. The highest BCUT2D eigenvalue weighted by Crippen LogP contribution is 2.27. The lowest BCUT2D eigenvalue weighted by Gasteiger charge is -2.31. The van der Waals surface area contributed by atoms with Crippen LogP contribution in [-0.4, -0.2) is 56.6 Å². The minimum atomic E-state index is -0.00890. The molecule has 1 amide bonds. The van der Waals surface area contributed by atoms with Crippen LogP contribution in [0.4, 0.5) is 5.69 Å². The van der Waals surface area contributed by atoms with Gasteiger partial charge in [0, 0.05) is 38.3 Å². The SMILES string of the molecule is O=C(c1ccccn1)N1CCCC(c2nc3ccc(N4CCCC4)cn3n2)C1. The van der Waals surface area contributed by atoms with Gasteiger partial charge in [0.25, 0.3) is 5.91 Å². The van der Waals surface area contributed by atoms with Crippen LogP contribution < -0.4 is 4.90 Å². The maximum absolute atomic E-state index is 12.8. The molecule has 7 nitrogen and oxygen atoms in total. The largest absolute Gasteiger partial charge is 0.370 e. The van der Waals surface area contributed by atoms with Crippen LogP contribution in [0.25, 0.3) is 5.65 Å². The van der Waals surface area contributed by atoms with Gasteiger partial charge in [-0.25, -0.2) is 9.50 Å². The van der Waals surface area contributed by atoms with Crippen LogP contribution in [0.5, 0.6) is 0 Å². The molecule has 7 heteroatoms. The number of piperidine rings is 1. The van der Waals surface area contributed by atoms with E-state index in [1.165, 1.54) is 18.5 Å². The van der Waals surface area contributed by atoms with Crippen LogP contribution in [0.15, 0.2) is 42.7 Å². The molecule has 28 heavy (non-hydrogen) atoms. The van der Waals surface area contributed by atoms with Crippen molar-refractivity contribution in [3.8, 4) is 0 Å². The number of amides is 1. The molecule has 0 bridgehead atoms. The molecule has 3 aromatic rings. The fourth-order valence-electron chi connectivity index (χ4n) is 4.25. The molecule has 2 aliphatic rings. The van der Waals surface area contributed by atoms with E-state index in [1.807, 2.05) is 27.6 Å². The van der Waals surface area contributed by atoms with Gasteiger partial charge in [-0.2, -0.15) is 5.10 Å². The van der Waals surface area contributed by atoms with E-state index in [0.29, 0.717) is 12.2 Å². The Balaban J connectivity index is 1.36. The predicted octanol–water partition coefficient (Wildman–Crippen LogP) is 2.74. The smallest absolute Gasteiger partial charge is 0.272 e. The minimum absolute atomic E-state index is 0.00890. The summed E-state index contributed by atoms with van der Waals surface area (Å²) in [5.41, 5.74) is 2.57. The summed E-state index contributed by atoms with van der Waals surface area (Å²) in [6.07, 6.45) is 8.21. The Morgan fingerprint density at radius 3 is 2.75 bits per heavy atom. The molecule has 0 saturated carbocycles. The van der Waals surface area contributed by atoms with Crippen molar-refractivity contribution in [1.29, 1.82) is 0 Å². The van der Waals surface area contributed by atoms with Crippen LogP contribution in [0.3, 0.4) is 0 Å². The molecule has 0 aliphatic carbocycles. The minimum Gasteiger partial charge on any atom is -0.370 e. The Morgan fingerprint density at radius 1 is 1.04 bits per heavy atom. The van der Waals surface area contributed by atoms with Gasteiger partial charge in [-0.1, -0.05) is 6.07 Å². The van der Waals surface area contributed by atoms with Gasteiger partial charge in [-0.3, -0.25) is 9.78 Å². The van der Waals surface area contributed by atoms with Gasteiger partial charge in [0.05, 0.1) is 11.9 Å². The van der Waals surface area contributed by atoms with Crippen molar-refractivity contribution in [1.82, 2.24) is 24.5 Å². The van der Waals surface area contributed by atoms with Crippen LogP contribution in [-0.2, 0) is 0 Å². The van der Waals surface area contributed by atoms with E-state index in [9.17, 15) is 4.79 Å². The van der Waals surface area contributed by atoms with E-state index in [1.54, 1.807) is 12.3 Å². The second kappa shape index (κ2) is 7.22. The first-order chi connectivity index (χ1) is 13.8. The van der Waals surface area contributed by atoms with Crippen molar-refractivity contribution in [2.75, 3.05) is 31.1 Å². The second-order valence-corrected chi connectivity index (χ2v) is 7.66. The number of rotatable bonds is 3. The fraction of sp³-hybridized carbons (Fsp3) is 0.429. The highest BCUT2D eigenvalue weighted by molar-refractivity contribution is 5.92. The second-order valence-electron chi connectivity index (χ2n) is 7.66. The van der Waals surface area contributed by atoms with Crippen LogP contribution in [0.2, 0.25) is 0 Å². The van der Waals surface area contributed by atoms with Crippen LogP contribution >= 0.6 is 0 Å². The normalized spacial score (nSPS) is 20.1. The number of nitrogens with zero attached hydrogens (tertiary/aromatic N) is 6. The Labute approximate surface area is 164 Å². The fourth-order valence-corrected chi connectivity index (χ4v) is 4.25. The first-order valence-electron chi connectivity index (χ1n) is 10.1. The maximum Gasteiger partial charge on any atom is 0.272 e. The monoisotopic (exact) mass is 376 g/mol. The summed E-state index contributed by atoms with van der Waals surface area (Å²) in [6.45, 7) is 3.63. The average Bonchev–Trinajstić information content (AvgIpc) is 3.43. The molecule has 144 valence electrons. The Morgan fingerprint density at radius 2 is 1.93 bits per heavy atom. The highest BCUT2D eigenvalue weighted by atomic mass is 16.2. The number of carbonyl (C=O) groups excluding carboxylic acids is 1. The molecule has 0 spiro atoms. The van der Waals surface area contributed by atoms with E-state index in [4.69, 9.17) is 10.1 Å². The maximum atomic E-state index is 12.8. The molecule has 3 aromatic heterocycles. The molecule has 0 N–H and O–H groups in total. The summed E-state index contributed by atoms with van der Waals surface area (Å²) in [6, 6.07) is 9.63. The van der Waals surface area contributed by atoms with E-state index >= 15 is 0 Å². The third-order valence-electron chi connectivity index (χ3n) is 5.76. The van der Waals surface area contributed by atoms with Gasteiger partial charge in [0.1, 0.15) is 5.69 Å². The van der Waals surface area contributed by atoms with Crippen LogP contribution in [0.1, 0.15) is 47.9 Å². The Hall–Kier alpha value is -2.96. The molecule has 5 rings (SSSR count). The molecule has 2 fully saturated rings. The highest BCUT2D eigenvalue weighted by Gasteiger charge is 2.28. The Kier molecular flexibility index (Phi) is 4.43. The van der Waals surface area contributed by atoms with Gasteiger partial charge in [-0.15, -0.1) is 0 Å². The summed E-state index contributed by atoms with van der Waals surface area (Å²) >= 11 is 0. The number of pyridine rings is 2. The predicted molar refractivity (Wildman–Crippen MR) is 107 cm³/mol. The third kappa shape index (κ3) is 3.21. The van der Waals surface area contributed by atoms with Crippen LogP contribution in [0, 0.1) is 0 Å². The zero-order valence-corrected chi connectivity index (χ0v) is 15.9. The number of hydrogen-bond donors (Lipinski definition) is 0. The lowest BCUT2D eigenvalue weighted by atomic mass is 9.97. The number of aromatic nitrogens is 4. The summed E-state index contributed by atoms with van der Waals surface area (Å²) < 4.78 is 1.89. The molecule has 0 aromatic carbocycles. The molecule has 2 aliphatic heterocycles. The molecule has 1 unspecified atom stereocenters. The molecule has 5 heterocycles. The van der Waals surface area contributed by atoms with Gasteiger partial charge in [-0.05, 0) is 49.9 Å². The standard InChI is InChI=1S/C21H24N6O/c28-21(18-7-1-2-10-22-18)26-13-5-6-16(14-26)20-23-19-9-8-17(15-27(19)24-20)25-11-3-4-12-25/h1-2,7-10,15-16H,3-6,11-14H2. The molecular formula is C21H24N6O. The Bertz CT molecular complexity index is 979. The first-order valence-corrected chi connectivity index (χ1v) is 10.1. The van der Waals surface area contributed by atoms with Gasteiger partial charge in [0.15, 0.2) is 11.5 Å². The van der Waals surface area contributed by atoms with Gasteiger partial charge in [0.2, 0.25) is 0 Å². The zero-order chi connectivity index (χ0) is 18.9. The number of fused-ring (bicyclic) bond motifs is 1. The lowest BCUT2D eigenvalue weighted by Crippen LogP contribution is -2.39. The number of likely N-dealkylation sites (tertiary alicyclic amines) is 1. The molecular weight excluding hydrogens is 352 g/mol. The molecule has 1 atom stereocenters. The van der Waals surface area contributed by atoms with Crippen molar-refractivity contribution in [3.63, 3.8) is 0 Å². The van der Waals surface area contributed by atoms with Crippen molar-refractivity contribution >= 4 is 17.2 Å². The van der Waals surface area contributed by atoms with Crippen molar-refractivity contribution in [2.24, 2.45) is 0 Å². The zero-order valence-electron chi connectivity index (χ0n) is 15.9. The van der Waals surface area contributed by atoms with E-state index in [2.05, 4.69) is 22.1 Å². The number of carbonyl (C=O) groups is 1. The summed E-state index contributed by atoms with van der Waals surface area (Å²) in [5, 5.41) is 4.76. The number of hydrogen-bond acceptors (Lipinski definition) is 5. The summed E-state index contributed by atoms with van der Waals surface area (Å²) in [4.78, 5) is 26.0. The first kappa shape index (κ1) is 17.2. The molecule has 2 saturated heterocycles. The van der Waals surface area contributed by atoms with Gasteiger partial charge >= 0.3 is 0 Å².